The van der Waals surface area contributed by atoms with E-state index in [2.05, 4.69) is 5.32 Å². The van der Waals surface area contributed by atoms with Crippen LogP contribution in [0.3, 0.4) is 0 Å². The van der Waals surface area contributed by atoms with Gasteiger partial charge in [-0.15, -0.1) is 0 Å². The van der Waals surface area contributed by atoms with Crippen molar-refractivity contribution in [1.82, 2.24) is 0 Å². The van der Waals surface area contributed by atoms with Gasteiger partial charge in [-0.05, 0) is 29.8 Å². The van der Waals surface area contributed by atoms with Crippen LogP contribution in [-0.4, -0.2) is 18.3 Å². The van der Waals surface area contributed by atoms with Crippen molar-refractivity contribution >= 4 is 5.69 Å². The normalized spacial score (nSPS) is 10.1. The van der Waals surface area contributed by atoms with Gasteiger partial charge in [-0.25, -0.2) is 0 Å². The highest BCUT2D eigenvalue weighted by Gasteiger charge is 1.96. The maximum absolute atomic E-state index is 8.66. The summed E-state index contributed by atoms with van der Waals surface area (Å²) in [6.07, 6.45) is 0. The van der Waals surface area contributed by atoms with Gasteiger partial charge < -0.3 is 15.2 Å². The van der Waals surface area contributed by atoms with Crippen molar-refractivity contribution in [3.63, 3.8) is 0 Å². The van der Waals surface area contributed by atoms with Gasteiger partial charge >= 0.3 is 0 Å². The third-order valence-corrected chi connectivity index (χ3v) is 2.55. The Kier molecular flexibility index (Phi) is 4.61. The summed E-state index contributed by atoms with van der Waals surface area (Å²) < 4.78 is 5.30. The number of para-hydroxylation sites is 1. The Morgan fingerprint density at radius 2 is 1.67 bits per heavy atom. The smallest absolute Gasteiger partial charge is 0.119 e. The SMILES string of the molecule is OCCOc1ccc(CNc2ccccc2)cc1. The van der Waals surface area contributed by atoms with Crippen LogP contribution < -0.4 is 10.1 Å². The molecule has 0 saturated carbocycles. The molecule has 2 N–H and O–H groups in total. The van der Waals surface area contributed by atoms with E-state index in [-0.39, 0.29) is 6.61 Å². The fraction of sp³-hybridized carbons (Fsp3) is 0.200. The van der Waals surface area contributed by atoms with Gasteiger partial charge in [0.1, 0.15) is 12.4 Å². The lowest BCUT2D eigenvalue weighted by Gasteiger charge is -2.08. The van der Waals surface area contributed by atoms with E-state index in [1.165, 1.54) is 5.56 Å². The van der Waals surface area contributed by atoms with Gasteiger partial charge in [0.2, 0.25) is 0 Å². The highest BCUT2D eigenvalue weighted by Crippen LogP contribution is 2.13. The molecule has 0 fully saturated rings. The van der Waals surface area contributed by atoms with Crippen LogP contribution in [-0.2, 0) is 6.54 Å². The average molecular weight is 243 g/mol. The number of anilines is 1. The lowest BCUT2D eigenvalue weighted by Crippen LogP contribution is -2.02. The van der Waals surface area contributed by atoms with E-state index >= 15 is 0 Å². The maximum atomic E-state index is 8.66. The summed E-state index contributed by atoms with van der Waals surface area (Å²) in [7, 11) is 0. The largest absolute Gasteiger partial charge is 0.491 e. The lowest BCUT2D eigenvalue weighted by atomic mass is 10.2. The van der Waals surface area contributed by atoms with Gasteiger partial charge in [-0.2, -0.15) is 0 Å². The second-order valence-electron chi connectivity index (χ2n) is 3.94. The lowest BCUT2D eigenvalue weighted by molar-refractivity contribution is 0.201. The number of rotatable bonds is 6. The minimum Gasteiger partial charge on any atom is -0.491 e. The van der Waals surface area contributed by atoms with Crippen molar-refractivity contribution in [3.05, 3.63) is 60.2 Å². The van der Waals surface area contributed by atoms with E-state index in [9.17, 15) is 0 Å². The first-order chi connectivity index (χ1) is 8.88. The molecule has 3 heteroatoms. The second-order valence-corrected chi connectivity index (χ2v) is 3.94. The fourth-order valence-electron chi connectivity index (χ4n) is 1.63. The summed E-state index contributed by atoms with van der Waals surface area (Å²) in [6, 6.07) is 18.0. The molecule has 18 heavy (non-hydrogen) atoms. The highest BCUT2D eigenvalue weighted by atomic mass is 16.5. The predicted molar refractivity (Wildman–Crippen MR) is 72.8 cm³/mol. The van der Waals surface area contributed by atoms with Gasteiger partial charge in [-0.3, -0.25) is 0 Å². The molecule has 2 aromatic carbocycles. The van der Waals surface area contributed by atoms with Crippen molar-refractivity contribution in [3.8, 4) is 5.75 Å². The number of hydrogen-bond donors (Lipinski definition) is 2. The number of nitrogens with one attached hydrogen (secondary N) is 1. The first-order valence-corrected chi connectivity index (χ1v) is 6.00. The van der Waals surface area contributed by atoms with Crippen molar-refractivity contribution in [2.24, 2.45) is 0 Å². The molecule has 0 atom stereocenters. The molecular formula is C15H17NO2. The van der Waals surface area contributed by atoms with Crippen molar-refractivity contribution in [1.29, 1.82) is 0 Å². The van der Waals surface area contributed by atoms with Gasteiger partial charge in [-0.1, -0.05) is 30.3 Å². The van der Waals surface area contributed by atoms with Crippen LogP contribution in [0.4, 0.5) is 5.69 Å². The number of ether oxygens (including phenoxy) is 1. The summed E-state index contributed by atoms with van der Waals surface area (Å²) >= 11 is 0. The maximum Gasteiger partial charge on any atom is 0.119 e. The van der Waals surface area contributed by atoms with Crippen molar-refractivity contribution in [2.75, 3.05) is 18.5 Å². The van der Waals surface area contributed by atoms with Crippen LogP contribution in [0.1, 0.15) is 5.56 Å². The van der Waals surface area contributed by atoms with Crippen LogP contribution in [0, 0.1) is 0 Å². The minimum atomic E-state index is 0.0390. The molecule has 0 radical (unpaired) electrons. The molecule has 0 unspecified atom stereocenters. The van der Waals surface area contributed by atoms with E-state index in [1.807, 2.05) is 54.6 Å². The van der Waals surface area contributed by atoms with Crippen LogP contribution in [0.2, 0.25) is 0 Å². The Morgan fingerprint density at radius 3 is 2.33 bits per heavy atom. The van der Waals surface area contributed by atoms with Crippen LogP contribution in [0.15, 0.2) is 54.6 Å². The Balaban J connectivity index is 1.86. The quantitative estimate of drug-likeness (QED) is 0.819. The fourth-order valence-corrected chi connectivity index (χ4v) is 1.63. The molecule has 0 bridgehead atoms. The zero-order valence-corrected chi connectivity index (χ0v) is 10.2. The molecule has 0 saturated heterocycles. The summed E-state index contributed by atoms with van der Waals surface area (Å²) in [6.45, 7) is 1.16. The van der Waals surface area contributed by atoms with Gasteiger partial charge in [0, 0.05) is 12.2 Å². The molecule has 94 valence electrons. The number of aliphatic hydroxyl groups is 1. The molecule has 0 aromatic heterocycles. The van der Waals surface area contributed by atoms with Crippen molar-refractivity contribution in [2.45, 2.75) is 6.54 Å². The van der Waals surface area contributed by atoms with E-state index in [0.29, 0.717) is 6.61 Å². The number of hydrogen-bond acceptors (Lipinski definition) is 3. The monoisotopic (exact) mass is 243 g/mol. The molecule has 2 rings (SSSR count). The molecule has 0 amide bonds. The van der Waals surface area contributed by atoms with E-state index in [4.69, 9.17) is 9.84 Å². The van der Waals surface area contributed by atoms with Crippen LogP contribution in [0.5, 0.6) is 5.75 Å². The predicted octanol–water partition coefficient (Wildman–Crippen LogP) is 2.67. The van der Waals surface area contributed by atoms with Crippen LogP contribution in [0.25, 0.3) is 0 Å². The third-order valence-electron chi connectivity index (χ3n) is 2.55. The molecule has 0 heterocycles. The Hall–Kier alpha value is -2.00. The van der Waals surface area contributed by atoms with Gasteiger partial charge in [0.25, 0.3) is 0 Å². The first-order valence-electron chi connectivity index (χ1n) is 6.00. The summed E-state index contributed by atoms with van der Waals surface area (Å²) in [5.41, 5.74) is 2.30. The van der Waals surface area contributed by atoms with E-state index in [1.54, 1.807) is 0 Å². The molecule has 0 aliphatic carbocycles. The average Bonchev–Trinajstić information content (AvgIpc) is 2.45. The topological polar surface area (TPSA) is 41.5 Å². The Morgan fingerprint density at radius 1 is 0.944 bits per heavy atom. The molecule has 2 aromatic rings. The minimum absolute atomic E-state index is 0.0390. The Labute approximate surface area is 107 Å². The molecule has 0 aliphatic rings. The third kappa shape index (κ3) is 3.79. The Bertz CT molecular complexity index is 454. The zero-order valence-electron chi connectivity index (χ0n) is 10.2. The van der Waals surface area contributed by atoms with Crippen molar-refractivity contribution < 1.29 is 9.84 Å². The van der Waals surface area contributed by atoms with Gasteiger partial charge in [0.15, 0.2) is 0 Å². The van der Waals surface area contributed by atoms with Crippen LogP contribution >= 0.6 is 0 Å². The second kappa shape index (κ2) is 6.67. The molecular weight excluding hydrogens is 226 g/mol. The number of benzene rings is 2. The summed E-state index contributed by atoms with van der Waals surface area (Å²) in [5, 5.41) is 12.0. The molecule has 0 aliphatic heterocycles. The first kappa shape index (κ1) is 12.5. The molecule has 0 spiro atoms. The highest BCUT2D eigenvalue weighted by molar-refractivity contribution is 5.43. The molecule has 3 nitrogen and oxygen atoms in total. The van der Waals surface area contributed by atoms with E-state index < -0.39 is 0 Å². The van der Waals surface area contributed by atoms with Gasteiger partial charge in [0.05, 0.1) is 6.61 Å². The zero-order chi connectivity index (χ0) is 12.6. The standard InChI is InChI=1S/C15H17NO2/c17-10-11-18-15-8-6-13(7-9-15)12-16-14-4-2-1-3-5-14/h1-9,16-17H,10-12H2. The number of aliphatic hydroxyl groups excluding tert-OH is 1. The van der Waals surface area contributed by atoms with E-state index in [0.717, 1.165) is 18.0 Å². The summed E-state index contributed by atoms with van der Waals surface area (Å²) in [4.78, 5) is 0. The summed E-state index contributed by atoms with van der Waals surface area (Å²) in [5.74, 6) is 0.785.